The van der Waals surface area contributed by atoms with Crippen LogP contribution in [0, 0.1) is 11.3 Å². The van der Waals surface area contributed by atoms with Crippen LogP contribution >= 0.6 is 22.9 Å². The Labute approximate surface area is 204 Å². The summed E-state index contributed by atoms with van der Waals surface area (Å²) in [6.07, 6.45) is 0.703. The third-order valence-corrected chi connectivity index (χ3v) is 7.45. The highest BCUT2D eigenvalue weighted by atomic mass is 35.5. The number of aromatic nitrogens is 1. The number of benzene rings is 1. The van der Waals surface area contributed by atoms with Crippen LogP contribution in [-0.2, 0) is 21.6 Å². The number of nitrogens with two attached hydrogens (primary N) is 1. The molecule has 3 rings (SSSR count). The van der Waals surface area contributed by atoms with E-state index in [1.54, 1.807) is 22.5 Å². The third-order valence-electron chi connectivity index (χ3n) is 6.56. The summed E-state index contributed by atoms with van der Waals surface area (Å²) in [6.45, 7) is 8.43. The third kappa shape index (κ3) is 5.57. The zero-order valence-electron chi connectivity index (χ0n) is 19.5. The van der Waals surface area contributed by atoms with E-state index in [9.17, 15) is 14.7 Å². The topological polar surface area (TPSA) is 109 Å². The van der Waals surface area contributed by atoms with Gasteiger partial charge < -0.3 is 21.1 Å². The van der Waals surface area contributed by atoms with Crippen LogP contribution < -0.4 is 11.1 Å². The van der Waals surface area contributed by atoms with Gasteiger partial charge in [-0.3, -0.25) is 9.59 Å². The zero-order valence-corrected chi connectivity index (χ0v) is 21.1. The van der Waals surface area contributed by atoms with Crippen molar-refractivity contribution >= 4 is 34.8 Å². The standard InChI is InChI=1S/C24H33ClN4O3S/c1-15(2)20(28-21(30)19(26)11-18-12-33-14-27-18)22(31)29-10-9-24(32,23(3,4)13-29)16-5-7-17(25)8-6-16/h5-8,12,14-15,19-20,32H,9-11,13,26H2,1-4H3,(H,28,30)/t19-,20+,24-/m0/s1. The molecule has 180 valence electrons. The van der Waals surface area contributed by atoms with Gasteiger partial charge in [-0.2, -0.15) is 0 Å². The van der Waals surface area contributed by atoms with Gasteiger partial charge in [0.2, 0.25) is 11.8 Å². The molecule has 0 aliphatic carbocycles. The molecule has 7 nitrogen and oxygen atoms in total. The normalized spacial score (nSPS) is 22.1. The minimum atomic E-state index is -1.10. The van der Waals surface area contributed by atoms with Gasteiger partial charge >= 0.3 is 0 Å². The molecule has 3 atom stereocenters. The Bertz CT molecular complexity index is 965. The van der Waals surface area contributed by atoms with Crippen molar-refractivity contribution in [1.29, 1.82) is 0 Å². The molecule has 1 aliphatic heterocycles. The Morgan fingerprint density at radius 1 is 1.30 bits per heavy atom. The first-order valence-corrected chi connectivity index (χ1v) is 12.5. The minimum absolute atomic E-state index is 0.117. The number of nitrogens with one attached hydrogen (secondary N) is 1. The van der Waals surface area contributed by atoms with E-state index < -0.39 is 23.1 Å². The lowest BCUT2D eigenvalue weighted by Crippen LogP contribution is -2.61. The van der Waals surface area contributed by atoms with Crippen molar-refractivity contribution < 1.29 is 14.7 Å². The molecule has 0 unspecified atom stereocenters. The molecule has 4 N–H and O–H groups in total. The number of carbonyl (C=O) groups is 2. The van der Waals surface area contributed by atoms with Crippen molar-refractivity contribution in [3.8, 4) is 0 Å². The molecule has 0 spiro atoms. The summed E-state index contributed by atoms with van der Waals surface area (Å²) < 4.78 is 0. The Morgan fingerprint density at radius 2 is 1.97 bits per heavy atom. The van der Waals surface area contributed by atoms with E-state index in [1.165, 1.54) is 11.3 Å². The Kier molecular flexibility index (Phi) is 7.84. The number of rotatable bonds is 7. The SMILES string of the molecule is CC(C)[C@@H](NC(=O)[C@@H](N)Cc1cscn1)C(=O)N1CC[C@](O)(c2ccc(Cl)cc2)C(C)(C)C1. The molecule has 1 aromatic heterocycles. The monoisotopic (exact) mass is 492 g/mol. The van der Waals surface area contributed by atoms with E-state index in [0.717, 1.165) is 11.3 Å². The number of hydrogen-bond donors (Lipinski definition) is 3. The van der Waals surface area contributed by atoms with Gasteiger partial charge in [-0.1, -0.05) is 51.4 Å². The molecule has 9 heteroatoms. The van der Waals surface area contributed by atoms with Gasteiger partial charge in [0.1, 0.15) is 6.04 Å². The average molecular weight is 493 g/mol. The second-order valence-corrected chi connectivity index (χ2v) is 10.9. The van der Waals surface area contributed by atoms with Gasteiger partial charge in [-0.25, -0.2) is 4.98 Å². The van der Waals surface area contributed by atoms with Crippen LogP contribution in [0.1, 0.15) is 45.4 Å². The highest BCUT2D eigenvalue weighted by molar-refractivity contribution is 7.07. The van der Waals surface area contributed by atoms with E-state index in [-0.39, 0.29) is 17.7 Å². The predicted octanol–water partition coefficient (Wildman–Crippen LogP) is 2.95. The Morgan fingerprint density at radius 3 is 2.52 bits per heavy atom. The van der Waals surface area contributed by atoms with Gasteiger partial charge in [0.05, 0.1) is 22.8 Å². The van der Waals surface area contributed by atoms with Gasteiger partial charge in [-0.05, 0) is 30.0 Å². The fourth-order valence-corrected chi connectivity index (χ4v) is 5.10. The number of piperidine rings is 1. The maximum atomic E-state index is 13.5. The summed E-state index contributed by atoms with van der Waals surface area (Å²) in [6, 6.07) is 5.72. The van der Waals surface area contributed by atoms with E-state index in [0.29, 0.717) is 31.0 Å². The number of nitrogens with zero attached hydrogens (tertiary/aromatic N) is 2. The molecule has 2 amide bonds. The maximum absolute atomic E-state index is 13.5. The highest BCUT2D eigenvalue weighted by Crippen LogP contribution is 2.46. The first-order valence-electron chi connectivity index (χ1n) is 11.1. The zero-order chi connectivity index (χ0) is 24.4. The molecule has 1 aromatic carbocycles. The largest absolute Gasteiger partial charge is 0.384 e. The van der Waals surface area contributed by atoms with Crippen LogP contribution in [0.2, 0.25) is 5.02 Å². The predicted molar refractivity (Wildman–Crippen MR) is 131 cm³/mol. The summed E-state index contributed by atoms with van der Waals surface area (Å²) in [5, 5.41) is 16.9. The minimum Gasteiger partial charge on any atom is -0.384 e. The summed E-state index contributed by atoms with van der Waals surface area (Å²) in [4.78, 5) is 32.1. The van der Waals surface area contributed by atoms with Crippen LogP contribution in [0.4, 0.5) is 0 Å². The molecular weight excluding hydrogens is 460 g/mol. The van der Waals surface area contributed by atoms with Crippen LogP contribution in [0.5, 0.6) is 0 Å². The molecule has 2 aromatic rings. The molecular formula is C24H33ClN4O3S. The van der Waals surface area contributed by atoms with Crippen LogP contribution in [0.15, 0.2) is 35.2 Å². The van der Waals surface area contributed by atoms with Crippen LogP contribution in [0.25, 0.3) is 0 Å². The molecule has 0 bridgehead atoms. The van der Waals surface area contributed by atoms with E-state index in [1.807, 2.05) is 45.2 Å². The summed E-state index contributed by atoms with van der Waals surface area (Å²) in [5.74, 6) is -0.650. The van der Waals surface area contributed by atoms with Gasteiger partial charge in [0, 0.05) is 35.3 Å². The first kappa shape index (κ1) is 25.6. The van der Waals surface area contributed by atoms with Gasteiger partial charge in [-0.15, -0.1) is 11.3 Å². The molecule has 0 saturated carbocycles. The van der Waals surface area contributed by atoms with Crippen LogP contribution in [-0.4, -0.2) is 52.0 Å². The van der Waals surface area contributed by atoms with Crippen LogP contribution in [0.3, 0.4) is 0 Å². The smallest absolute Gasteiger partial charge is 0.245 e. The second-order valence-electron chi connectivity index (χ2n) is 9.78. The fourth-order valence-electron chi connectivity index (χ4n) is 4.40. The molecule has 1 saturated heterocycles. The van der Waals surface area contributed by atoms with Crippen molar-refractivity contribution in [3.63, 3.8) is 0 Å². The summed E-state index contributed by atoms with van der Waals surface area (Å²) in [5.41, 5.74) is 7.61. The quantitative estimate of drug-likeness (QED) is 0.550. The lowest BCUT2D eigenvalue weighted by atomic mass is 9.66. The van der Waals surface area contributed by atoms with Crippen molar-refractivity contribution in [3.05, 3.63) is 51.4 Å². The lowest BCUT2D eigenvalue weighted by molar-refractivity contribution is -0.156. The first-order chi connectivity index (χ1) is 15.4. The fraction of sp³-hybridized carbons (Fsp3) is 0.542. The van der Waals surface area contributed by atoms with Gasteiger partial charge in [0.25, 0.3) is 0 Å². The van der Waals surface area contributed by atoms with Crippen molar-refractivity contribution in [2.45, 2.75) is 58.2 Å². The van der Waals surface area contributed by atoms with E-state index in [2.05, 4.69) is 10.3 Å². The van der Waals surface area contributed by atoms with E-state index in [4.69, 9.17) is 17.3 Å². The maximum Gasteiger partial charge on any atom is 0.245 e. The number of amides is 2. The Hall–Kier alpha value is -2.00. The summed E-state index contributed by atoms with van der Waals surface area (Å²) in [7, 11) is 0. The number of thiazole rings is 1. The number of likely N-dealkylation sites (tertiary alicyclic amines) is 1. The number of halogens is 1. The number of carbonyl (C=O) groups excluding carboxylic acids is 2. The number of aliphatic hydroxyl groups is 1. The Balaban J connectivity index is 1.70. The molecule has 33 heavy (non-hydrogen) atoms. The molecule has 1 aliphatic rings. The van der Waals surface area contributed by atoms with Crippen molar-refractivity contribution in [1.82, 2.24) is 15.2 Å². The van der Waals surface area contributed by atoms with E-state index >= 15 is 0 Å². The summed E-state index contributed by atoms with van der Waals surface area (Å²) >= 11 is 7.47. The molecule has 1 fully saturated rings. The van der Waals surface area contributed by atoms with Crippen molar-refractivity contribution in [2.24, 2.45) is 17.1 Å². The molecule has 2 heterocycles. The average Bonchev–Trinajstić information content (AvgIpc) is 3.26. The molecule has 0 radical (unpaired) electrons. The lowest BCUT2D eigenvalue weighted by Gasteiger charge is -2.51. The number of hydrogen-bond acceptors (Lipinski definition) is 6. The van der Waals surface area contributed by atoms with Gasteiger partial charge in [0.15, 0.2) is 0 Å². The van der Waals surface area contributed by atoms with Crippen molar-refractivity contribution in [2.75, 3.05) is 13.1 Å². The highest BCUT2D eigenvalue weighted by Gasteiger charge is 2.50. The second kappa shape index (κ2) is 10.1.